The maximum atomic E-state index is 12.7. The summed E-state index contributed by atoms with van der Waals surface area (Å²) < 4.78 is 1.03. The zero-order chi connectivity index (χ0) is 13.9. The summed E-state index contributed by atoms with van der Waals surface area (Å²) in [7, 11) is 0. The molecule has 1 amide bonds. The number of carbonyl (C=O) groups is 1. The number of aromatic nitrogens is 1. The quantitative estimate of drug-likeness (QED) is 0.942. The molecule has 0 radical (unpaired) electrons. The second-order valence-electron chi connectivity index (χ2n) is 5.20. The van der Waals surface area contributed by atoms with Crippen molar-refractivity contribution < 1.29 is 9.90 Å². The van der Waals surface area contributed by atoms with Gasteiger partial charge in [-0.1, -0.05) is 12.8 Å². The Morgan fingerprint density at radius 1 is 1.40 bits per heavy atom. The minimum atomic E-state index is 0.0189. The van der Waals surface area contributed by atoms with Gasteiger partial charge in [-0.05, 0) is 31.0 Å². The first kappa shape index (κ1) is 13.5. The van der Waals surface area contributed by atoms with E-state index in [4.69, 9.17) is 0 Å². The van der Waals surface area contributed by atoms with Crippen molar-refractivity contribution in [1.82, 2.24) is 9.88 Å². The van der Waals surface area contributed by atoms with E-state index in [0.29, 0.717) is 12.1 Å². The third-order valence-corrected chi connectivity index (χ3v) is 4.74. The van der Waals surface area contributed by atoms with Crippen molar-refractivity contribution in [2.24, 2.45) is 0 Å². The molecule has 2 aromatic rings. The monoisotopic (exact) mass is 290 g/mol. The Hall–Kier alpha value is -1.46. The SMILES string of the molecule is O=C(c1ccc2ncsc2c1)N(CCO)C1CCCC1. The number of rotatable bonds is 4. The first-order chi connectivity index (χ1) is 9.79. The molecule has 0 aliphatic heterocycles. The predicted molar refractivity (Wildman–Crippen MR) is 80.0 cm³/mol. The second kappa shape index (κ2) is 5.89. The van der Waals surface area contributed by atoms with Crippen LogP contribution in [0.5, 0.6) is 0 Å². The van der Waals surface area contributed by atoms with E-state index in [1.54, 1.807) is 16.8 Å². The van der Waals surface area contributed by atoms with Crippen molar-refractivity contribution in [3.8, 4) is 0 Å². The summed E-state index contributed by atoms with van der Waals surface area (Å²) in [5.41, 5.74) is 3.42. The molecule has 0 bridgehead atoms. The number of aliphatic hydroxyl groups is 1. The van der Waals surface area contributed by atoms with Gasteiger partial charge in [0.1, 0.15) is 0 Å². The van der Waals surface area contributed by atoms with Gasteiger partial charge < -0.3 is 10.0 Å². The van der Waals surface area contributed by atoms with Crippen LogP contribution in [0.3, 0.4) is 0 Å². The molecule has 20 heavy (non-hydrogen) atoms. The van der Waals surface area contributed by atoms with Crippen molar-refractivity contribution in [3.05, 3.63) is 29.3 Å². The third kappa shape index (κ3) is 2.55. The van der Waals surface area contributed by atoms with Crippen LogP contribution in [0.15, 0.2) is 23.7 Å². The van der Waals surface area contributed by atoms with Crippen LogP contribution in [-0.4, -0.2) is 40.1 Å². The number of nitrogens with zero attached hydrogens (tertiary/aromatic N) is 2. The minimum Gasteiger partial charge on any atom is -0.395 e. The van der Waals surface area contributed by atoms with E-state index >= 15 is 0 Å². The van der Waals surface area contributed by atoms with Gasteiger partial charge in [-0.15, -0.1) is 11.3 Å². The highest BCUT2D eigenvalue weighted by Crippen LogP contribution is 2.26. The van der Waals surface area contributed by atoms with E-state index in [2.05, 4.69) is 4.98 Å². The Bertz CT molecular complexity index is 605. The summed E-state index contributed by atoms with van der Waals surface area (Å²) in [5, 5.41) is 9.23. The van der Waals surface area contributed by atoms with Gasteiger partial charge >= 0.3 is 0 Å². The van der Waals surface area contributed by atoms with Crippen LogP contribution in [0.4, 0.5) is 0 Å². The van der Waals surface area contributed by atoms with Gasteiger partial charge in [0.15, 0.2) is 0 Å². The summed E-state index contributed by atoms with van der Waals surface area (Å²) >= 11 is 1.54. The average Bonchev–Trinajstić information content (AvgIpc) is 3.13. The van der Waals surface area contributed by atoms with Gasteiger partial charge in [0, 0.05) is 18.2 Å². The lowest BCUT2D eigenvalue weighted by molar-refractivity contribution is 0.0638. The van der Waals surface area contributed by atoms with Gasteiger partial charge in [0.2, 0.25) is 0 Å². The highest BCUT2D eigenvalue weighted by molar-refractivity contribution is 7.16. The van der Waals surface area contributed by atoms with E-state index in [-0.39, 0.29) is 18.6 Å². The molecule has 0 saturated heterocycles. The van der Waals surface area contributed by atoms with E-state index in [9.17, 15) is 9.90 Å². The highest BCUT2D eigenvalue weighted by Gasteiger charge is 2.27. The fraction of sp³-hybridized carbons (Fsp3) is 0.467. The number of thiazole rings is 1. The summed E-state index contributed by atoms with van der Waals surface area (Å²) in [6.45, 7) is 0.440. The largest absolute Gasteiger partial charge is 0.395 e. The van der Waals surface area contributed by atoms with Crippen LogP contribution in [0.2, 0.25) is 0 Å². The van der Waals surface area contributed by atoms with Crippen molar-refractivity contribution in [1.29, 1.82) is 0 Å². The lowest BCUT2D eigenvalue weighted by atomic mass is 10.1. The number of amides is 1. The topological polar surface area (TPSA) is 53.4 Å². The summed E-state index contributed by atoms with van der Waals surface area (Å²) in [5.74, 6) is 0.0289. The lowest BCUT2D eigenvalue weighted by Gasteiger charge is -2.28. The zero-order valence-corrected chi connectivity index (χ0v) is 12.1. The lowest BCUT2D eigenvalue weighted by Crippen LogP contribution is -2.40. The zero-order valence-electron chi connectivity index (χ0n) is 11.3. The number of hydrogen-bond acceptors (Lipinski definition) is 4. The number of fused-ring (bicyclic) bond motifs is 1. The number of hydrogen-bond donors (Lipinski definition) is 1. The smallest absolute Gasteiger partial charge is 0.254 e. The second-order valence-corrected chi connectivity index (χ2v) is 6.08. The van der Waals surface area contributed by atoms with E-state index in [1.807, 2.05) is 23.1 Å². The minimum absolute atomic E-state index is 0.0189. The van der Waals surface area contributed by atoms with Gasteiger partial charge in [-0.25, -0.2) is 4.98 Å². The summed E-state index contributed by atoms with van der Waals surface area (Å²) in [6, 6.07) is 5.93. The normalized spacial score (nSPS) is 15.8. The first-order valence-electron chi connectivity index (χ1n) is 7.04. The van der Waals surface area contributed by atoms with Crippen LogP contribution in [-0.2, 0) is 0 Å². The van der Waals surface area contributed by atoms with Crippen LogP contribution in [0, 0.1) is 0 Å². The average molecular weight is 290 g/mol. The molecule has 4 nitrogen and oxygen atoms in total. The molecule has 0 spiro atoms. The fourth-order valence-corrected chi connectivity index (χ4v) is 3.64. The van der Waals surface area contributed by atoms with E-state index in [1.165, 1.54) is 12.8 Å². The molecule has 1 N–H and O–H groups in total. The van der Waals surface area contributed by atoms with Gasteiger partial charge in [-0.2, -0.15) is 0 Å². The molecule has 106 valence electrons. The predicted octanol–water partition coefficient (Wildman–Crippen LogP) is 2.67. The maximum absolute atomic E-state index is 12.7. The molecule has 1 saturated carbocycles. The Morgan fingerprint density at radius 3 is 2.95 bits per heavy atom. The Morgan fingerprint density at radius 2 is 2.20 bits per heavy atom. The summed E-state index contributed by atoms with van der Waals surface area (Å²) in [6.07, 6.45) is 4.45. The molecule has 0 unspecified atom stereocenters. The molecule has 5 heteroatoms. The molecule has 1 fully saturated rings. The number of carbonyl (C=O) groups excluding carboxylic acids is 1. The Kier molecular flexibility index (Phi) is 3.98. The number of aliphatic hydroxyl groups excluding tert-OH is 1. The van der Waals surface area contributed by atoms with E-state index < -0.39 is 0 Å². The van der Waals surface area contributed by atoms with Crippen molar-refractivity contribution in [2.75, 3.05) is 13.2 Å². The van der Waals surface area contributed by atoms with Gasteiger partial charge in [-0.3, -0.25) is 4.79 Å². The molecule has 1 aromatic heterocycles. The first-order valence-corrected chi connectivity index (χ1v) is 7.92. The maximum Gasteiger partial charge on any atom is 0.254 e. The fourth-order valence-electron chi connectivity index (χ4n) is 2.93. The molecule has 1 heterocycles. The molecule has 1 aliphatic rings. The van der Waals surface area contributed by atoms with Crippen molar-refractivity contribution in [3.63, 3.8) is 0 Å². The highest BCUT2D eigenvalue weighted by atomic mass is 32.1. The molecular formula is C15H18N2O2S. The van der Waals surface area contributed by atoms with Crippen LogP contribution < -0.4 is 0 Å². The van der Waals surface area contributed by atoms with E-state index in [0.717, 1.165) is 23.1 Å². The Labute approximate surface area is 122 Å². The standard InChI is InChI=1S/C15H18N2O2S/c18-8-7-17(12-3-1-2-4-12)15(19)11-5-6-13-14(9-11)20-10-16-13/h5-6,9-10,12,18H,1-4,7-8H2. The molecular weight excluding hydrogens is 272 g/mol. The third-order valence-electron chi connectivity index (χ3n) is 3.95. The van der Waals surface area contributed by atoms with Crippen LogP contribution in [0.1, 0.15) is 36.0 Å². The van der Waals surface area contributed by atoms with Crippen molar-refractivity contribution >= 4 is 27.5 Å². The molecule has 0 atom stereocenters. The van der Waals surface area contributed by atoms with Crippen molar-refractivity contribution in [2.45, 2.75) is 31.7 Å². The molecule has 3 rings (SSSR count). The van der Waals surface area contributed by atoms with Crippen LogP contribution >= 0.6 is 11.3 Å². The Balaban J connectivity index is 1.87. The van der Waals surface area contributed by atoms with Crippen LogP contribution in [0.25, 0.3) is 10.2 Å². The summed E-state index contributed by atoms with van der Waals surface area (Å²) in [4.78, 5) is 18.8. The van der Waals surface area contributed by atoms with Gasteiger partial charge in [0.05, 0.1) is 22.3 Å². The van der Waals surface area contributed by atoms with Gasteiger partial charge in [0.25, 0.3) is 5.91 Å². The number of benzene rings is 1. The molecule has 1 aliphatic carbocycles. The molecule has 1 aromatic carbocycles.